The predicted molar refractivity (Wildman–Crippen MR) is 153 cm³/mol. The van der Waals surface area contributed by atoms with Gasteiger partial charge in [-0.2, -0.15) is 0 Å². The van der Waals surface area contributed by atoms with E-state index in [9.17, 15) is 0 Å². The minimum Gasteiger partial charge on any atom is -0.367 e. The molecule has 0 amide bonds. The molecule has 0 saturated carbocycles. The summed E-state index contributed by atoms with van der Waals surface area (Å²) in [6.45, 7) is 17.8. The van der Waals surface area contributed by atoms with Crippen LogP contribution in [-0.2, 0) is 18.4 Å². The molecule has 0 aliphatic carbocycles. The molecule has 1 N–H and O–H groups in total. The lowest BCUT2D eigenvalue weighted by Crippen LogP contribution is -2.46. The number of aryl methyl sites for hydroxylation is 2. The van der Waals surface area contributed by atoms with Gasteiger partial charge in [-0.3, -0.25) is 4.90 Å². The molecule has 5 nitrogen and oxygen atoms in total. The summed E-state index contributed by atoms with van der Waals surface area (Å²) in [6, 6.07) is 15.3. The molecule has 0 unspecified atom stereocenters. The molecule has 0 spiro atoms. The molecule has 2 aromatic carbocycles. The van der Waals surface area contributed by atoms with E-state index < -0.39 is 0 Å². The van der Waals surface area contributed by atoms with E-state index in [-0.39, 0.29) is 5.41 Å². The monoisotopic (exact) mass is 499 g/mol. The lowest BCUT2D eigenvalue weighted by atomic mass is 9.87. The maximum atomic E-state index is 5.05. The molecule has 0 bridgehead atoms. The van der Waals surface area contributed by atoms with Gasteiger partial charge in [0.15, 0.2) is 0 Å². The van der Waals surface area contributed by atoms with Crippen LogP contribution in [0.2, 0.25) is 0 Å². The number of hydrogen-bond donors (Lipinski definition) is 1. The van der Waals surface area contributed by atoms with Gasteiger partial charge in [0.05, 0.1) is 21.9 Å². The Morgan fingerprint density at radius 1 is 1.03 bits per heavy atom. The number of imidazole rings is 1. The Balaban J connectivity index is 1.28. The van der Waals surface area contributed by atoms with E-state index in [1.807, 2.05) is 17.4 Å². The van der Waals surface area contributed by atoms with Gasteiger partial charge in [0, 0.05) is 49.6 Å². The highest BCUT2D eigenvalue weighted by molar-refractivity contribution is 7.11. The maximum Gasteiger partial charge on any atom is 0.138 e. The number of para-hydroxylation sites is 1. The van der Waals surface area contributed by atoms with E-state index in [2.05, 4.69) is 91.5 Å². The SMILES string of the molecule is C=CCCc1nc(C)c(CN2CCN(c3cccc4[nH]c(-c5ccc(C(C)(C)C)cc5)nc34)CC2)s1. The molecule has 3 heterocycles. The molecule has 36 heavy (non-hydrogen) atoms. The number of piperazine rings is 1. The van der Waals surface area contributed by atoms with Crippen molar-refractivity contribution in [2.75, 3.05) is 31.1 Å². The Bertz CT molecular complexity index is 1330. The summed E-state index contributed by atoms with van der Waals surface area (Å²) in [5.74, 6) is 0.935. The van der Waals surface area contributed by atoms with Crippen LogP contribution in [0.3, 0.4) is 0 Å². The van der Waals surface area contributed by atoms with Crippen LogP contribution in [-0.4, -0.2) is 46.0 Å². The zero-order valence-corrected chi connectivity index (χ0v) is 22.8. The fourth-order valence-corrected chi connectivity index (χ4v) is 5.98. The number of aromatic nitrogens is 3. The Morgan fingerprint density at radius 2 is 1.78 bits per heavy atom. The Morgan fingerprint density at radius 3 is 2.47 bits per heavy atom. The molecule has 2 aromatic heterocycles. The third kappa shape index (κ3) is 5.25. The van der Waals surface area contributed by atoms with Gasteiger partial charge in [0.25, 0.3) is 0 Å². The highest BCUT2D eigenvalue weighted by atomic mass is 32.1. The number of allylic oxidation sites excluding steroid dienone is 1. The second-order valence-corrected chi connectivity index (χ2v) is 12.0. The number of nitrogens with one attached hydrogen (secondary N) is 1. The second-order valence-electron chi connectivity index (χ2n) is 10.8. The molecule has 6 heteroatoms. The van der Waals surface area contributed by atoms with E-state index in [4.69, 9.17) is 9.97 Å². The fraction of sp³-hybridized carbons (Fsp3) is 0.400. The van der Waals surface area contributed by atoms with Crippen LogP contribution in [0.4, 0.5) is 5.69 Å². The van der Waals surface area contributed by atoms with Crippen molar-refractivity contribution >= 4 is 28.1 Å². The van der Waals surface area contributed by atoms with Gasteiger partial charge in [-0.05, 0) is 36.5 Å². The van der Waals surface area contributed by atoms with Crippen LogP contribution < -0.4 is 4.90 Å². The first-order valence-corrected chi connectivity index (χ1v) is 13.8. The van der Waals surface area contributed by atoms with Gasteiger partial charge in [-0.25, -0.2) is 9.97 Å². The van der Waals surface area contributed by atoms with E-state index >= 15 is 0 Å². The fourth-order valence-electron chi connectivity index (χ4n) is 4.85. The summed E-state index contributed by atoms with van der Waals surface area (Å²) in [5.41, 5.74) is 7.18. The quantitative estimate of drug-likeness (QED) is 0.286. The third-order valence-corrected chi connectivity index (χ3v) is 8.30. The van der Waals surface area contributed by atoms with Crippen LogP contribution in [0.1, 0.15) is 48.3 Å². The average molecular weight is 500 g/mol. The van der Waals surface area contributed by atoms with Crippen molar-refractivity contribution in [3.05, 3.63) is 76.3 Å². The first kappa shape index (κ1) is 24.7. The largest absolute Gasteiger partial charge is 0.367 e. The van der Waals surface area contributed by atoms with Crippen molar-refractivity contribution in [1.29, 1.82) is 0 Å². The van der Waals surface area contributed by atoms with Crippen LogP contribution in [0.25, 0.3) is 22.4 Å². The van der Waals surface area contributed by atoms with E-state index in [0.717, 1.165) is 68.0 Å². The second kappa shape index (κ2) is 10.2. The minimum absolute atomic E-state index is 0.147. The molecule has 188 valence electrons. The molecule has 1 saturated heterocycles. The molecule has 1 aliphatic rings. The van der Waals surface area contributed by atoms with E-state index in [1.165, 1.54) is 26.8 Å². The molecule has 5 rings (SSSR count). The standard InChI is InChI=1S/C30H37N5S/c1-6-7-11-27-31-21(2)26(36-27)20-34-16-18-35(19-17-34)25-10-8-9-24-28(25)33-29(32-24)22-12-14-23(15-13-22)30(3,4)5/h6,8-10,12-15H,1,7,11,16-20H2,2-5H3,(H,32,33). The van der Waals surface area contributed by atoms with Crippen molar-refractivity contribution in [2.24, 2.45) is 0 Å². The van der Waals surface area contributed by atoms with Crippen molar-refractivity contribution in [3.8, 4) is 11.4 Å². The van der Waals surface area contributed by atoms with Gasteiger partial charge in [-0.1, -0.05) is 57.2 Å². The Kier molecular flexibility index (Phi) is 7.00. The molecular formula is C30H37N5S. The van der Waals surface area contributed by atoms with Crippen LogP contribution >= 0.6 is 11.3 Å². The highest BCUT2D eigenvalue weighted by Gasteiger charge is 2.22. The number of aromatic amines is 1. The molecular weight excluding hydrogens is 462 g/mol. The predicted octanol–water partition coefficient (Wildman–Crippen LogP) is 6.73. The summed E-state index contributed by atoms with van der Waals surface area (Å²) >= 11 is 1.87. The zero-order chi connectivity index (χ0) is 25.3. The lowest BCUT2D eigenvalue weighted by Gasteiger charge is -2.36. The summed E-state index contributed by atoms with van der Waals surface area (Å²) < 4.78 is 0. The minimum atomic E-state index is 0.147. The number of fused-ring (bicyclic) bond motifs is 1. The summed E-state index contributed by atoms with van der Waals surface area (Å²) in [7, 11) is 0. The van der Waals surface area contributed by atoms with E-state index in [1.54, 1.807) is 0 Å². The van der Waals surface area contributed by atoms with Crippen molar-refractivity contribution in [3.63, 3.8) is 0 Å². The molecule has 0 atom stereocenters. The smallest absolute Gasteiger partial charge is 0.138 e. The number of nitrogens with zero attached hydrogens (tertiary/aromatic N) is 4. The number of hydrogen-bond acceptors (Lipinski definition) is 5. The molecule has 0 radical (unpaired) electrons. The lowest BCUT2D eigenvalue weighted by molar-refractivity contribution is 0.251. The number of H-pyrrole nitrogens is 1. The average Bonchev–Trinajstić information content (AvgIpc) is 3.46. The highest BCUT2D eigenvalue weighted by Crippen LogP contribution is 2.31. The van der Waals surface area contributed by atoms with Gasteiger partial charge >= 0.3 is 0 Å². The van der Waals surface area contributed by atoms with Crippen LogP contribution in [0, 0.1) is 6.92 Å². The number of benzene rings is 2. The first-order chi connectivity index (χ1) is 17.3. The van der Waals surface area contributed by atoms with Crippen molar-refractivity contribution in [2.45, 2.75) is 52.5 Å². The van der Waals surface area contributed by atoms with Gasteiger partial charge in [0.2, 0.25) is 0 Å². The van der Waals surface area contributed by atoms with Crippen LogP contribution in [0.5, 0.6) is 0 Å². The maximum absolute atomic E-state index is 5.05. The molecule has 1 aliphatic heterocycles. The van der Waals surface area contributed by atoms with Crippen molar-refractivity contribution < 1.29 is 0 Å². The summed E-state index contributed by atoms with van der Waals surface area (Å²) in [5, 5.41) is 1.23. The molecule has 4 aromatic rings. The molecule has 1 fully saturated rings. The number of rotatable bonds is 7. The normalized spacial score (nSPS) is 15.1. The first-order valence-electron chi connectivity index (χ1n) is 12.9. The zero-order valence-electron chi connectivity index (χ0n) is 22.0. The van der Waals surface area contributed by atoms with Gasteiger partial charge in [0.1, 0.15) is 11.3 Å². The van der Waals surface area contributed by atoms with E-state index in [0.29, 0.717) is 0 Å². The third-order valence-electron chi connectivity index (χ3n) is 7.10. The Hall–Kier alpha value is -2.96. The summed E-state index contributed by atoms with van der Waals surface area (Å²) in [6.07, 6.45) is 3.97. The van der Waals surface area contributed by atoms with Gasteiger partial charge < -0.3 is 9.88 Å². The number of anilines is 1. The van der Waals surface area contributed by atoms with Crippen molar-refractivity contribution in [1.82, 2.24) is 19.9 Å². The topological polar surface area (TPSA) is 48.1 Å². The number of thiazole rings is 1. The van der Waals surface area contributed by atoms with Gasteiger partial charge in [-0.15, -0.1) is 17.9 Å². The van der Waals surface area contributed by atoms with Crippen LogP contribution in [0.15, 0.2) is 55.1 Å². The summed E-state index contributed by atoms with van der Waals surface area (Å²) in [4.78, 5) is 19.8. The Labute approximate surface area is 218 Å².